The van der Waals surface area contributed by atoms with Gasteiger partial charge in [0.1, 0.15) is 0 Å². The van der Waals surface area contributed by atoms with E-state index < -0.39 is 18.0 Å². The monoisotopic (exact) mass is 383 g/mol. The lowest BCUT2D eigenvalue weighted by molar-refractivity contribution is -0.187. The van der Waals surface area contributed by atoms with Crippen LogP contribution in [0, 0.1) is 11.8 Å². The number of carbonyl (C=O) groups is 1. The molecule has 1 aliphatic carbocycles. The van der Waals surface area contributed by atoms with Crippen molar-refractivity contribution in [2.75, 3.05) is 7.05 Å². The molecule has 1 aromatic rings. The molecule has 2 unspecified atom stereocenters. The summed E-state index contributed by atoms with van der Waals surface area (Å²) >= 11 is 4.88. The van der Waals surface area contributed by atoms with Gasteiger partial charge in [-0.05, 0) is 52.2 Å². The zero-order valence-corrected chi connectivity index (χ0v) is 14.0. The summed E-state index contributed by atoms with van der Waals surface area (Å²) in [6.07, 6.45) is -3.08. The summed E-state index contributed by atoms with van der Waals surface area (Å²) in [6, 6.07) is 1.92. The molecule has 1 heterocycles. The van der Waals surface area contributed by atoms with E-state index in [2.05, 4.69) is 15.9 Å². The van der Waals surface area contributed by atoms with Gasteiger partial charge in [0.05, 0.1) is 9.70 Å². The van der Waals surface area contributed by atoms with Crippen LogP contribution in [0.1, 0.15) is 31.2 Å². The van der Waals surface area contributed by atoms with Crippen LogP contribution in [0.15, 0.2) is 15.2 Å². The Labute approximate surface area is 134 Å². The molecule has 1 amide bonds. The Morgan fingerprint density at radius 3 is 2.76 bits per heavy atom. The lowest BCUT2D eigenvalue weighted by atomic mass is 9.80. The quantitative estimate of drug-likeness (QED) is 0.731. The molecule has 118 valence electrons. The van der Waals surface area contributed by atoms with Gasteiger partial charge in [-0.15, -0.1) is 11.3 Å². The molecule has 1 saturated carbocycles. The minimum Gasteiger partial charge on any atom is -0.341 e. The molecule has 0 aromatic carbocycles. The Hall–Kier alpha value is -0.560. The van der Waals surface area contributed by atoms with Gasteiger partial charge in [0.15, 0.2) is 0 Å². The van der Waals surface area contributed by atoms with Crippen molar-refractivity contribution in [3.05, 3.63) is 20.8 Å². The lowest BCUT2D eigenvalue weighted by Crippen LogP contribution is -2.38. The fourth-order valence-electron chi connectivity index (χ4n) is 2.80. The van der Waals surface area contributed by atoms with Gasteiger partial charge in [-0.25, -0.2) is 0 Å². The Kier molecular flexibility index (Phi) is 5.35. The van der Waals surface area contributed by atoms with Crippen molar-refractivity contribution >= 4 is 33.2 Å². The molecule has 0 bridgehead atoms. The predicted molar refractivity (Wildman–Crippen MR) is 80.0 cm³/mol. The maximum atomic E-state index is 12.8. The van der Waals surface area contributed by atoms with Crippen molar-refractivity contribution in [1.29, 1.82) is 0 Å². The molecule has 0 spiro atoms. The average molecular weight is 384 g/mol. The highest BCUT2D eigenvalue weighted by molar-refractivity contribution is 9.11. The number of rotatable bonds is 3. The molecule has 2 atom stereocenters. The van der Waals surface area contributed by atoms with Gasteiger partial charge in [0, 0.05) is 19.5 Å². The Morgan fingerprint density at radius 2 is 2.19 bits per heavy atom. The molecule has 2 rings (SSSR count). The Balaban J connectivity index is 1.95. The first-order valence-corrected chi connectivity index (χ1v) is 8.49. The highest BCUT2D eigenvalue weighted by atomic mass is 79.9. The van der Waals surface area contributed by atoms with E-state index in [0.717, 1.165) is 9.35 Å². The Morgan fingerprint density at radius 1 is 1.48 bits per heavy atom. The number of hydrogen-bond acceptors (Lipinski definition) is 2. The first-order chi connectivity index (χ1) is 9.77. The smallest absolute Gasteiger partial charge is 0.341 e. The van der Waals surface area contributed by atoms with Gasteiger partial charge < -0.3 is 4.90 Å². The van der Waals surface area contributed by atoms with Crippen LogP contribution in [0.4, 0.5) is 13.2 Å². The number of halogens is 4. The molecule has 0 radical (unpaired) electrons. The minimum absolute atomic E-state index is 0.0694. The highest BCUT2D eigenvalue weighted by Crippen LogP contribution is 2.40. The van der Waals surface area contributed by atoms with Crippen LogP contribution >= 0.6 is 27.3 Å². The number of amides is 1. The van der Waals surface area contributed by atoms with Crippen molar-refractivity contribution in [2.24, 2.45) is 11.8 Å². The third-order valence-electron chi connectivity index (χ3n) is 3.90. The largest absolute Gasteiger partial charge is 0.391 e. The molecule has 7 heteroatoms. The molecular formula is C14H17BrF3NOS. The Bertz CT molecular complexity index is 503. The van der Waals surface area contributed by atoms with Crippen LogP contribution in [-0.4, -0.2) is 24.0 Å². The van der Waals surface area contributed by atoms with Gasteiger partial charge in [-0.1, -0.05) is 6.42 Å². The summed E-state index contributed by atoms with van der Waals surface area (Å²) in [5.74, 6) is -2.01. The molecule has 1 aromatic heterocycles. The molecule has 2 nitrogen and oxygen atoms in total. The van der Waals surface area contributed by atoms with Gasteiger partial charge in [-0.3, -0.25) is 4.79 Å². The molecular weight excluding hydrogens is 367 g/mol. The van der Waals surface area contributed by atoms with Crippen molar-refractivity contribution in [2.45, 2.75) is 38.4 Å². The molecule has 0 aliphatic heterocycles. The summed E-state index contributed by atoms with van der Waals surface area (Å²) in [5, 5.41) is 1.94. The van der Waals surface area contributed by atoms with Gasteiger partial charge in [0.2, 0.25) is 5.91 Å². The summed E-state index contributed by atoms with van der Waals surface area (Å²) in [5.41, 5.74) is 0.992. The SMILES string of the molecule is CN(Cc1csc(Br)c1)C(=O)C1CCCC(C(F)(F)F)C1. The summed E-state index contributed by atoms with van der Waals surface area (Å²) in [6.45, 7) is 0.439. The van der Waals surface area contributed by atoms with Crippen molar-refractivity contribution in [1.82, 2.24) is 4.90 Å². The van der Waals surface area contributed by atoms with E-state index in [0.29, 0.717) is 19.4 Å². The minimum atomic E-state index is -4.18. The second kappa shape index (κ2) is 6.69. The molecule has 0 saturated heterocycles. The van der Waals surface area contributed by atoms with Crippen LogP contribution in [0.5, 0.6) is 0 Å². The second-order valence-corrected chi connectivity index (χ2v) is 7.85. The highest BCUT2D eigenvalue weighted by Gasteiger charge is 2.43. The van der Waals surface area contributed by atoms with E-state index >= 15 is 0 Å². The second-order valence-electron chi connectivity index (χ2n) is 5.56. The summed E-state index contributed by atoms with van der Waals surface area (Å²) in [7, 11) is 1.66. The van der Waals surface area contributed by atoms with Gasteiger partial charge in [-0.2, -0.15) is 13.2 Å². The van der Waals surface area contributed by atoms with Crippen LogP contribution < -0.4 is 0 Å². The van der Waals surface area contributed by atoms with Crippen LogP contribution in [0.3, 0.4) is 0 Å². The number of carbonyl (C=O) groups excluding carboxylic acids is 1. The lowest BCUT2D eigenvalue weighted by Gasteiger charge is -2.32. The van der Waals surface area contributed by atoms with Gasteiger partial charge >= 0.3 is 6.18 Å². The average Bonchev–Trinajstić information content (AvgIpc) is 2.82. The standard InChI is InChI=1S/C14H17BrF3NOS/c1-19(7-9-5-12(15)21-8-9)13(20)10-3-2-4-11(6-10)14(16,17)18/h5,8,10-11H,2-4,6-7H2,1H3. The predicted octanol–water partition coefficient (Wildman–Crippen LogP) is 4.84. The van der Waals surface area contributed by atoms with E-state index in [1.54, 1.807) is 7.05 Å². The number of nitrogens with zero attached hydrogens (tertiary/aromatic N) is 1. The number of hydrogen-bond donors (Lipinski definition) is 0. The van der Waals surface area contributed by atoms with Crippen LogP contribution in [0.25, 0.3) is 0 Å². The van der Waals surface area contributed by atoms with Crippen LogP contribution in [-0.2, 0) is 11.3 Å². The first-order valence-electron chi connectivity index (χ1n) is 6.82. The fraction of sp³-hybridized carbons (Fsp3) is 0.643. The molecule has 1 aliphatic rings. The van der Waals surface area contributed by atoms with Crippen molar-refractivity contribution < 1.29 is 18.0 Å². The fourth-order valence-corrected chi connectivity index (χ4v) is 4.00. The van der Waals surface area contributed by atoms with E-state index in [4.69, 9.17) is 0 Å². The normalized spacial score (nSPS) is 23.1. The molecule has 1 fully saturated rings. The van der Waals surface area contributed by atoms with Crippen molar-refractivity contribution in [3.8, 4) is 0 Å². The van der Waals surface area contributed by atoms with Gasteiger partial charge in [0.25, 0.3) is 0 Å². The zero-order valence-electron chi connectivity index (χ0n) is 11.6. The first kappa shape index (κ1) is 16.8. The summed E-state index contributed by atoms with van der Waals surface area (Å²) in [4.78, 5) is 13.9. The number of alkyl halides is 3. The maximum Gasteiger partial charge on any atom is 0.391 e. The maximum absolute atomic E-state index is 12.8. The van der Waals surface area contributed by atoms with Crippen molar-refractivity contribution in [3.63, 3.8) is 0 Å². The topological polar surface area (TPSA) is 20.3 Å². The molecule has 0 N–H and O–H groups in total. The van der Waals surface area contributed by atoms with E-state index in [1.165, 1.54) is 16.2 Å². The third-order valence-corrected chi connectivity index (χ3v) is 5.46. The zero-order chi connectivity index (χ0) is 15.6. The summed E-state index contributed by atoms with van der Waals surface area (Å²) < 4.78 is 39.4. The molecule has 21 heavy (non-hydrogen) atoms. The van der Waals surface area contributed by atoms with E-state index in [-0.39, 0.29) is 18.7 Å². The van der Waals surface area contributed by atoms with Crippen LogP contribution in [0.2, 0.25) is 0 Å². The number of thiophene rings is 1. The van der Waals surface area contributed by atoms with E-state index in [9.17, 15) is 18.0 Å². The van der Waals surface area contributed by atoms with E-state index in [1.807, 2.05) is 11.4 Å². The third kappa shape index (κ3) is 4.45.